The molecule has 0 bridgehead atoms. The number of rotatable bonds is 6. The van der Waals surface area contributed by atoms with Crippen molar-refractivity contribution in [3.05, 3.63) is 0 Å². The number of nitrogens with one attached hydrogen (secondary N) is 1. The molecule has 0 aromatic carbocycles. The number of hydrogen-bond acceptors (Lipinski definition) is 3. The molecule has 2 atom stereocenters. The molecule has 15 heavy (non-hydrogen) atoms. The monoisotopic (exact) mass is 214 g/mol. The molecular formula is C12H26N2O. The van der Waals surface area contributed by atoms with Crippen LogP contribution in [-0.4, -0.2) is 48.8 Å². The first kappa shape index (κ1) is 12.9. The predicted molar refractivity (Wildman–Crippen MR) is 64.1 cm³/mol. The van der Waals surface area contributed by atoms with Gasteiger partial charge in [-0.25, -0.2) is 0 Å². The van der Waals surface area contributed by atoms with Crippen molar-refractivity contribution < 1.29 is 5.11 Å². The minimum absolute atomic E-state index is 0.315. The van der Waals surface area contributed by atoms with Gasteiger partial charge in [-0.3, -0.25) is 0 Å². The topological polar surface area (TPSA) is 35.5 Å². The van der Waals surface area contributed by atoms with E-state index >= 15 is 0 Å². The van der Waals surface area contributed by atoms with Crippen molar-refractivity contribution in [1.29, 1.82) is 0 Å². The van der Waals surface area contributed by atoms with Crippen molar-refractivity contribution in [2.75, 3.05) is 26.7 Å². The number of likely N-dealkylation sites (tertiary alicyclic amines) is 1. The molecule has 0 saturated carbocycles. The van der Waals surface area contributed by atoms with Crippen LogP contribution in [0.5, 0.6) is 0 Å². The van der Waals surface area contributed by atoms with Gasteiger partial charge in [-0.15, -0.1) is 0 Å². The van der Waals surface area contributed by atoms with Crippen molar-refractivity contribution in [3.8, 4) is 0 Å². The number of aliphatic hydroxyl groups excluding tert-OH is 1. The van der Waals surface area contributed by atoms with Gasteiger partial charge in [0, 0.05) is 25.2 Å². The largest absolute Gasteiger partial charge is 0.396 e. The second-order valence-electron chi connectivity index (χ2n) is 4.81. The van der Waals surface area contributed by atoms with E-state index in [2.05, 4.69) is 24.2 Å². The fourth-order valence-electron chi connectivity index (χ4n) is 2.24. The van der Waals surface area contributed by atoms with Crippen LogP contribution in [0.2, 0.25) is 0 Å². The number of likely N-dealkylation sites (N-methyl/N-ethyl adjacent to an activating group) is 1. The molecular weight excluding hydrogens is 188 g/mol. The molecule has 0 aromatic heterocycles. The van der Waals surface area contributed by atoms with E-state index in [-0.39, 0.29) is 0 Å². The lowest BCUT2D eigenvalue weighted by atomic mass is 10.0. The fraction of sp³-hybridized carbons (Fsp3) is 1.00. The molecule has 0 amide bonds. The summed E-state index contributed by atoms with van der Waals surface area (Å²) in [5, 5.41) is 12.3. The van der Waals surface area contributed by atoms with E-state index < -0.39 is 0 Å². The third-order valence-electron chi connectivity index (χ3n) is 3.42. The summed E-state index contributed by atoms with van der Waals surface area (Å²) in [6.07, 6.45) is 6.05. The van der Waals surface area contributed by atoms with Crippen LogP contribution >= 0.6 is 0 Å². The van der Waals surface area contributed by atoms with Crippen molar-refractivity contribution >= 4 is 0 Å². The van der Waals surface area contributed by atoms with E-state index in [0.29, 0.717) is 12.6 Å². The zero-order chi connectivity index (χ0) is 11.1. The lowest BCUT2D eigenvalue weighted by Crippen LogP contribution is -2.45. The highest BCUT2D eigenvalue weighted by Gasteiger charge is 2.18. The summed E-state index contributed by atoms with van der Waals surface area (Å²) in [5.74, 6) is 0. The Morgan fingerprint density at radius 1 is 1.47 bits per heavy atom. The lowest BCUT2D eigenvalue weighted by Gasteiger charge is -2.33. The van der Waals surface area contributed by atoms with Crippen LogP contribution in [0.25, 0.3) is 0 Å². The fourth-order valence-corrected chi connectivity index (χ4v) is 2.24. The second-order valence-corrected chi connectivity index (χ2v) is 4.81. The van der Waals surface area contributed by atoms with Gasteiger partial charge < -0.3 is 15.3 Å². The SMILES string of the molecule is CC(CCCO)NCC1CCCCN1C. The molecule has 1 aliphatic rings. The molecule has 0 spiro atoms. The Morgan fingerprint density at radius 3 is 2.93 bits per heavy atom. The molecule has 0 aliphatic carbocycles. The minimum Gasteiger partial charge on any atom is -0.396 e. The summed E-state index contributed by atoms with van der Waals surface area (Å²) in [6, 6.07) is 1.25. The highest BCUT2D eigenvalue weighted by molar-refractivity contribution is 4.77. The molecule has 2 unspecified atom stereocenters. The summed E-state index contributed by atoms with van der Waals surface area (Å²) in [5.41, 5.74) is 0. The molecule has 3 heteroatoms. The summed E-state index contributed by atoms with van der Waals surface area (Å²) in [7, 11) is 2.23. The molecule has 1 saturated heterocycles. The first-order valence-corrected chi connectivity index (χ1v) is 6.28. The third-order valence-corrected chi connectivity index (χ3v) is 3.42. The highest BCUT2D eigenvalue weighted by atomic mass is 16.2. The molecule has 90 valence electrons. The number of hydrogen-bond donors (Lipinski definition) is 2. The van der Waals surface area contributed by atoms with Gasteiger partial charge in [-0.2, -0.15) is 0 Å². The number of aliphatic hydroxyl groups is 1. The Labute approximate surface area is 93.9 Å². The highest BCUT2D eigenvalue weighted by Crippen LogP contribution is 2.14. The minimum atomic E-state index is 0.315. The first-order valence-electron chi connectivity index (χ1n) is 6.28. The Balaban J connectivity index is 2.11. The summed E-state index contributed by atoms with van der Waals surface area (Å²) < 4.78 is 0. The Hall–Kier alpha value is -0.120. The van der Waals surface area contributed by atoms with Crippen molar-refractivity contribution in [3.63, 3.8) is 0 Å². The zero-order valence-corrected chi connectivity index (χ0v) is 10.2. The van der Waals surface area contributed by atoms with Crippen LogP contribution in [0, 0.1) is 0 Å². The maximum Gasteiger partial charge on any atom is 0.0431 e. The van der Waals surface area contributed by atoms with E-state index in [1.165, 1.54) is 25.8 Å². The van der Waals surface area contributed by atoms with Gasteiger partial charge in [0.05, 0.1) is 0 Å². The number of piperidine rings is 1. The van der Waals surface area contributed by atoms with Gasteiger partial charge in [-0.1, -0.05) is 6.42 Å². The van der Waals surface area contributed by atoms with Crippen LogP contribution in [0.3, 0.4) is 0 Å². The third kappa shape index (κ3) is 4.96. The van der Waals surface area contributed by atoms with Crippen LogP contribution in [0.15, 0.2) is 0 Å². The lowest BCUT2D eigenvalue weighted by molar-refractivity contribution is 0.177. The van der Waals surface area contributed by atoms with Crippen molar-refractivity contribution in [2.45, 2.75) is 51.1 Å². The van der Waals surface area contributed by atoms with E-state index in [0.717, 1.165) is 25.4 Å². The maximum absolute atomic E-state index is 8.74. The van der Waals surface area contributed by atoms with Crippen molar-refractivity contribution in [2.24, 2.45) is 0 Å². The molecule has 0 aromatic rings. The quantitative estimate of drug-likeness (QED) is 0.698. The van der Waals surface area contributed by atoms with E-state index in [4.69, 9.17) is 5.11 Å². The predicted octanol–water partition coefficient (Wildman–Crippen LogP) is 1.22. The molecule has 3 nitrogen and oxygen atoms in total. The van der Waals surface area contributed by atoms with Gasteiger partial charge in [0.2, 0.25) is 0 Å². The van der Waals surface area contributed by atoms with Crippen molar-refractivity contribution in [1.82, 2.24) is 10.2 Å². The molecule has 2 N–H and O–H groups in total. The maximum atomic E-state index is 8.74. The zero-order valence-electron chi connectivity index (χ0n) is 10.2. The van der Waals surface area contributed by atoms with E-state index in [9.17, 15) is 0 Å². The van der Waals surface area contributed by atoms with Gasteiger partial charge in [0.25, 0.3) is 0 Å². The molecule has 1 rings (SSSR count). The smallest absolute Gasteiger partial charge is 0.0431 e. The summed E-state index contributed by atoms with van der Waals surface area (Å²) in [4.78, 5) is 2.47. The van der Waals surface area contributed by atoms with Gasteiger partial charge in [0.1, 0.15) is 0 Å². The first-order chi connectivity index (χ1) is 7.24. The van der Waals surface area contributed by atoms with Crippen LogP contribution in [0.1, 0.15) is 39.0 Å². The molecule has 1 aliphatic heterocycles. The average molecular weight is 214 g/mol. The molecule has 1 heterocycles. The number of nitrogens with zero attached hydrogens (tertiary/aromatic N) is 1. The summed E-state index contributed by atoms with van der Waals surface area (Å²) in [6.45, 7) is 4.87. The summed E-state index contributed by atoms with van der Waals surface area (Å²) >= 11 is 0. The van der Waals surface area contributed by atoms with E-state index in [1.54, 1.807) is 0 Å². The molecule has 1 fully saturated rings. The average Bonchev–Trinajstić information content (AvgIpc) is 2.25. The normalized spacial score (nSPS) is 25.4. The second kappa shape index (κ2) is 7.20. The Bertz CT molecular complexity index is 164. The molecule has 0 radical (unpaired) electrons. The van der Waals surface area contributed by atoms with E-state index in [1.807, 2.05) is 0 Å². The Morgan fingerprint density at radius 2 is 2.27 bits per heavy atom. The van der Waals surface area contributed by atoms with Crippen LogP contribution in [0.4, 0.5) is 0 Å². The standard InChI is InChI=1S/C12H26N2O/c1-11(6-5-9-15)13-10-12-7-3-4-8-14(12)2/h11-13,15H,3-10H2,1-2H3. The van der Waals surface area contributed by atoms with Gasteiger partial charge in [0.15, 0.2) is 0 Å². The van der Waals surface area contributed by atoms with Crippen LogP contribution in [-0.2, 0) is 0 Å². The van der Waals surface area contributed by atoms with Crippen LogP contribution < -0.4 is 5.32 Å². The Kier molecular flexibility index (Phi) is 6.22. The van der Waals surface area contributed by atoms with Gasteiger partial charge >= 0.3 is 0 Å². The van der Waals surface area contributed by atoms with Gasteiger partial charge in [-0.05, 0) is 46.2 Å².